The molecular weight excluding hydrogens is 310 g/mol. The Morgan fingerprint density at radius 3 is 2.58 bits per heavy atom. The van der Waals surface area contributed by atoms with Crippen molar-refractivity contribution >= 4 is 23.6 Å². The van der Waals surface area contributed by atoms with Crippen LogP contribution in [-0.4, -0.2) is 47.5 Å². The lowest BCUT2D eigenvalue weighted by atomic mass is 10.1. The molecule has 130 valence electrons. The van der Waals surface area contributed by atoms with Gasteiger partial charge in [0.25, 0.3) is 5.91 Å². The molecule has 7 heteroatoms. The van der Waals surface area contributed by atoms with Gasteiger partial charge in [-0.25, -0.2) is 4.79 Å². The number of nitrogens with one attached hydrogen (secondary N) is 2. The number of amides is 3. The molecule has 0 saturated carbocycles. The van der Waals surface area contributed by atoms with Crippen molar-refractivity contribution < 1.29 is 19.5 Å². The number of hydrogen-bond donors (Lipinski definition) is 3. The zero-order chi connectivity index (χ0) is 17.5. The van der Waals surface area contributed by atoms with Gasteiger partial charge in [-0.2, -0.15) is 0 Å². The molecule has 3 amide bonds. The molecule has 1 aliphatic rings. The van der Waals surface area contributed by atoms with Crippen molar-refractivity contribution in [3.8, 4) is 0 Å². The van der Waals surface area contributed by atoms with E-state index in [1.165, 1.54) is 0 Å². The van der Waals surface area contributed by atoms with Crippen LogP contribution in [0.1, 0.15) is 41.6 Å². The Balaban J connectivity index is 2.02. The number of carboxylic acid groups (broad SMARTS) is 1. The maximum Gasteiger partial charge on any atom is 0.319 e. The molecule has 1 aliphatic heterocycles. The van der Waals surface area contributed by atoms with Gasteiger partial charge in [-0.1, -0.05) is 12.1 Å². The molecule has 2 rings (SSSR count). The zero-order valence-corrected chi connectivity index (χ0v) is 13.8. The Morgan fingerprint density at radius 2 is 1.92 bits per heavy atom. The van der Waals surface area contributed by atoms with Crippen LogP contribution in [0.5, 0.6) is 0 Å². The molecule has 1 aromatic carbocycles. The monoisotopic (exact) mass is 333 g/mol. The average molecular weight is 333 g/mol. The first-order valence-electron chi connectivity index (χ1n) is 8.14. The fraction of sp³-hybridized carbons (Fsp3) is 0.471. The maximum atomic E-state index is 12.6. The molecule has 7 nitrogen and oxygen atoms in total. The van der Waals surface area contributed by atoms with Gasteiger partial charge in [0.15, 0.2) is 0 Å². The van der Waals surface area contributed by atoms with E-state index < -0.39 is 12.0 Å². The van der Waals surface area contributed by atoms with E-state index in [4.69, 9.17) is 5.11 Å². The van der Waals surface area contributed by atoms with E-state index in [0.29, 0.717) is 17.7 Å². The molecule has 0 aromatic heterocycles. The lowest BCUT2D eigenvalue weighted by molar-refractivity contribution is -0.137. The lowest BCUT2D eigenvalue weighted by Gasteiger charge is -2.19. The Morgan fingerprint density at radius 1 is 1.21 bits per heavy atom. The summed E-state index contributed by atoms with van der Waals surface area (Å²) < 4.78 is 0. The predicted molar refractivity (Wildman–Crippen MR) is 90.2 cm³/mol. The van der Waals surface area contributed by atoms with E-state index in [9.17, 15) is 14.4 Å². The van der Waals surface area contributed by atoms with Gasteiger partial charge in [0.2, 0.25) is 0 Å². The fourth-order valence-electron chi connectivity index (χ4n) is 2.70. The Hall–Kier alpha value is -2.57. The minimum atomic E-state index is -0.894. The summed E-state index contributed by atoms with van der Waals surface area (Å²) in [5.41, 5.74) is 1.79. The van der Waals surface area contributed by atoms with E-state index in [1.54, 1.807) is 17.0 Å². The number of anilines is 1. The van der Waals surface area contributed by atoms with Crippen LogP contribution in [0.15, 0.2) is 18.2 Å². The van der Waals surface area contributed by atoms with Crippen LogP contribution in [0.2, 0.25) is 0 Å². The zero-order valence-electron chi connectivity index (χ0n) is 13.8. The van der Waals surface area contributed by atoms with Gasteiger partial charge in [0.05, 0.1) is 11.3 Å². The van der Waals surface area contributed by atoms with Gasteiger partial charge < -0.3 is 20.6 Å². The summed E-state index contributed by atoms with van der Waals surface area (Å²) in [6, 6.07) is 4.91. The highest BCUT2D eigenvalue weighted by Gasteiger charge is 2.23. The van der Waals surface area contributed by atoms with Crippen molar-refractivity contribution in [2.75, 3.05) is 25.0 Å². The Labute approximate surface area is 141 Å². The summed E-state index contributed by atoms with van der Waals surface area (Å²) in [5, 5.41) is 13.9. The molecule has 24 heavy (non-hydrogen) atoms. The largest absolute Gasteiger partial charge is 0.481 e. The quantitative estimate of drug-likeness (QED) is 0.695. The third-order valence-electron chi connectivity index (χ3n) is 3.99. The predicted octanol–water partition coefficient (Wildman–Crippen LogP) is 2.22. The second-order valence-corrected chi connectivity index (χ2v) is 5.87. The third kappa shape index (κ3) is 4.71. The second-order valence-electron chi connectivity index (χ2n) is 5.87. The number of urea groups is 1. The van der Waals surface area contributed by atoms with Gasteiger partial charge in [-0.3, -0.25) is 9.59 Å². The summed E-state index contributed by atoms with van der Waals surface area (Å²) in [6.07, 6.45) is 2.37. The SMILES string of the molecule is Cc1cccc(C(=O)N2CCCC2)c1NC(=O)NCCCC(=O)O. The van der Waals surface area contributed by atoms with E-state index in [0.717, 1.165) is 31.5 Å². The number of nitrogens with zero attached hydrogens (tertiary/aromatic N) is 1. The van der Waals surface area contributed by atoms with Crippen LogP contribution >= 0.6 is 0 Å². The molecule has 1 heterocycles. The highest BCUT2D eigenvalue weighted by Crippen LogP contribution is 2.23. The summed E-state index contributed by atoms with van der Waals surface area (Å²) in [5.74, 6) is -0.966. The molecule has 1 aromatic rings. The molecule has 0 atom stereocenters. The second kappa shape index (κ2) is 8.33. The molecule has 0 spiro atoms. The fourth-order valence-corrected chi connectivity index (χ4v) is 2.70. The number of hydrogen-bond acceptors (Lipinski definition) is 3. The molecular formula is C17H23N3O4. The van der Waals surface area contributed by atoms with Crippen molar-refractivity contribution in [3.05, 3.63) is 29.3 Å². The molecule has 1 fully saturated rings. The first-order chi connectivity index (χ1) is 11.5. The van der Waals surface area contributed by atoms with Crippen LogP contribution in [0.25, 0.3) is 0 Å². The van der Waals surface area contributed by atoms with Crippen LogP contribution < -0.4 is 10.6 Å². The topological polar surface area (TPSA) is 98.7 Å². The standard InChI is InChI=1S/C17H23N3O4/c1-12-6-4-7-13(16(23)20-10-2-3-11-20)15(12)19-17(24)18-9-5-8-14(21)22/h4,6-7H,2-3,5,8-11H2,1H3,(H,21,22)(H2,18,19,24). The van der Waals surface area contributed by atoms with E-state index >= 15 is 0 Å². The Kier molecular flexibility index (Phi) is 6.17. The van der Waals surface area contributed by atoms with E-state index in [-0.39, 0.29) is 18.9 Å². The smallest absolute Gasteiger partial charge is 0.319 e. The number of benzene rings is 1. The highest BCUT2D eigenvalue weighted by atomic mass is 16.4. The summed E-state index contributed by atoms with van der Waals surface area (Å²) in [7, 11) is 0. The molecule has 0 bridgehead atoms. The molecule has 0 radical (unpaired) electrons. The summed E-state index contributed by atoms with van der Waals surface area (Å²) >= 11 is 0. The molecule has 0 aliphatic carbocycles. The lowest BCUT2D eigenvalue weighted by Crippen LogP contribution is -2.32. The molecule has 3 N–H and O–H groups in total. The van der Waals surface area contributed by atoms with Crippen molar-refractivity contribution in [1.29, 1.82) is 0 Å². The van der Waals surface area contributed by atoms with Gasteiger partial charge in [-0.05, 0) is 37.8 Å². The van der Waals surface area contributed by atoms with Gasteiger partial charge in [0, 0.05) is 26.1 Å². The number of carboxylic acids is 1. The molecule has 1 saturated heterocycles. The van der Waals surface area contributed by atoms with Gasteiger partial charge >= 0.3 is 12.0 Å². The normalized spacial score (nSPS) is 13.6. The minimum Gasteiger partial charge on any atom is -0.481 e. The van der Waals surface area contributed by atoms with Gasteiger partial charge in [-0.15, -0.1) is 0 Å². The summed E-state index contributed by atoms with van der Waals surface area (Å²) in [4.78, 5) is 36.9. The number of carbonyl (C=O) groups excluding carboxylic acids is 2. The highest BCUT2D eigenvalue weighted by molar-refractivity contribution is 6.04. The Bertz CT molecular complexity index is 624. The number of para-hydroxylation sites is 1. The number of carbonyl (C=O) groups is 3. The summed E-state index contributed by atoms with van der Waals surface area (Å²) in [6.45, 7) is 3.58. The van der Waals surface area contributed by atoms with E-state index in [2.05, 4.69) is 10.6 Å². The first-order valence-corrected chi connectivity index (χ1v) is 8.14. The number of likely N-dealkylation sites (tertiary alicyclic amines) is 1. The van der Waals surface area contributed by atoms with E-state index in [1.807, 2.05) is 13.0 Å². The van der Waals surface area contributed by atoms with Crippen LogP contribution in [0.4, 0.5) is 10.5 Å². The van der Waals surface area contributed by atoms with Crippen molar-refractivity contribution in [2.24, 2.45) is 0 Å². The third-order valence-corrected chi connectivity index (χ3v) is 3.99. The van der Waals surface area contributed by atoms with Crippen LogP contribution in [-0.2, 0) is 4.79 Å². The van der Waals surface area contributed by atoms with Gasteiger partial charge in [0.1, 0.15) is 0 Å². The van der Waals surface area contributed by atoms with Crippen molar-refractivity contribution in [2.45, 2.75) is 32.6 Å². The average Bonchev–Trinajstić information content (AvgIpc) is 3.07. The maximum absolute atomic E-state index is 12.6. The minimum absolute atomic E-state index is 0.00331. The number of aryl methyl sites for hydroxylation is 1. The van der Waals surface area contributed by atoms with Crippen molar-refractivity contribution in [3.63, 3.8) is 0 Å². The van der Waals surface area contributed by atoms with Crippen molar-refractivity contribution in [1.82, 2.24) is 10.2 Å². The first kappa shape index (κ1) is 17.8. The number of aliphatic carboxylic acids is 1. The molecule has 0 unspecified atom stereocenters. The van der Waals surface area contributed by atoms with Crippen LogP contribution in [0.3, 0.4) is 0 Å². The number of rotatable bonds is 6. The van der Waals surface area contributed by atoms with Crippen LogP contribution in [0, 0.1) is 6.92 Å².